The molecule has 1 heterocycles. The lowest BCUT2D eigenvalue weighted by atomic mass is 10.1. The summed E-state index contributed by atoms with van der Waals surface area (Å²) < 4.78 is 6.64. The quantitative estimate of drug-likeness (QED) is 0.819. The smallest absolute Gasteiger partial charge is 0.304 e. The summed E-state index contributed by atoms with van der Waals surface area (Å²) in [5.41, 5.74) is 2.16. The third kappa shape index (κ3) is 3.58. The minimum absolute atomic E-state index is 0.135. The molecule has 0 fully saturated rings. The molecule has 0 amide bonds. The van der Waals surface area contributed by atoms with Crippen LogP contribution >= 0.6 is 15.9 Å². The minimum Gasteiger partial charge on any atom is -0.489 e. The van der Waals surface area contributed by atoms with E-state index in [-0.39, 0.29) is 6.42 Å². The summed E-state index contributed by atoms with van der Waals surface area (Å²) in [4.78, 5) is 10.4. The highest BCUT2D eigenvalue weighted by Gasteiger charge is 2.11. The monoisotopic (exact) mass is 311 g/mol. The number of ether oxygens (including phenoxy) is 1. The van der Waals surface area contributed by atoms with Crippen molar-refractivity contribution in [1.29, 1.82) is 0 Å². The topological polar surface area (TPSA) is 58.6 Å². The molecular weight excluding hydrogens is 298 g/mol. The van der Waals surface area contributed by atoms with Crippen LogP contribution in [0.15, 0.2) is 28.2 Å². The number of aliphatic carboxylic acids is 1. The number of carbonyl (C=O) groups is 1. The summed E-state index contributed by atoms with van der Waals surface area (Å²) in [6, 6.07) is 5.89. The van der Waals surface area contributed by atoms with Crippen molar-refractivity contribution in [2.45, 2.75) is 6.42 Å². The minimum atomic E-state index is -0.786. The van der Waals surface area contributed by atoms with Gasteiger partial charge in [0.25, 0.3) is 0 Å². The molecule has 0 saturated carbocycles. The van der Waals surface area contributed by atoms with Crippen LogP contribution in [0.2, 0.25) is 0 Å². The molecule has 96 valence electrons. The van der Waals surface area contributed by atoms with E-state index < -0.39 is 5.97 Å². The third-order valence-corrected chi connectivity index (χ3v) is 3.11. The highest BCUT2D eigenvalue weighted by atomic mass is 79.9. The molecule has 0 radical (unpaired) electrons. The molecule has 0 atom stereocenters. The van der Waals surface area contributed by atoms with Crippen molar-refractivity contribution in [1.82, 2.24) is 5.32 Å². The predicted octanol–water partition coefficient (Wildman–Crippen LogP) is 2.29. The first kappa shape index (κ1) is 13.1. The second-order valence-electron chi connectivity index (χ2n) is 4.09. The van der Waals surface area contributed by atoms with Crippen LogP contribution in [0.4, 0.5) is 0 Å². The van der Waals surface area contributed by atoms with Gasteiger partial charge in [-0.2, -0.15) is 0 Å². The van der Waals surface area contributed by atoms with E-state index in [9.17, 15) is 4.79 Å². The van der Waals surface area contributed by atoms with Crippen LogP contribution in [0.3, 0.4) is 0 Å². The second kappa shape index (κ2) is 6.02. The summed E-state index contributed by atoms with van der Waals surface area (Å²) >= 11 is 3.42. The Labute approximate surface area is 114 Å². The number of benzene rings is 1. The maximum absolute atomic E-state index is 10.4. The molecule has 1 aromatic rings. The van der Waals surface area contributed by atoms with E-state index in [4.69, 9.17) is 9.84 Å². The molecule has 4 nitrogen and oxygen atoms in total. The van der Waals surface area contributed by atoms with Crippen molar-refractivity contribution in [2.75, 3.05) is 19.7 Å². The first-order chi connectivity index (χ1) is 8.65. The number of rotatable bonds is 5. The van der Waals surface area contributed by atoms with Gasteiger partial charge in [0, 0.05) is 23.1 Å². The number of carboxylic acid groups (broad SMARTS) is 1. The fourth-order valence-electron chi connectivity index (χ4n) is 1.74. The number of carboxylic acids is 1. The Morgan fingerprint density at radius 1 is 1.50 bits per heavy atom. The number of hydrogen-bond donors (Lipinski definition) is 2. The number of nitrogens with one attached hydrogen (secondary N) is 1. The summed E-state index contributed by atoms with van der Waals surface area (Å²) in [5.74, 6) is 0.0955. The van der Waals surface area contributed by atoms with Gasteiger partial charge in [0.1, 0.15) is 12.4 Å². The van der Waals surface area contributed by atoms with E-state index in [0.717, 1.165) is 21.4 Å². The van der Waals surface area contributed by atoms with Crippen molar-refractivity contribution >= 4 is 28.0 Å². The molecule has 0 unspecified atom stereocenters. The Morgan fingerprint density at radius 3 is 3.11 bits per heavy atom. The molecule has 0 aliphatic carbocycles. The first-order valence-electron chi connectivity index (χ1n) is 5.69. The van der Waals surface area contributed by atoms with Crippen LogP contribution in [-0.4, -0.2) is 30.8 Å². The summed E-state index contributed by atoms with van der Waals surface area (Å²) in [7, 11) is 0. The van der Waals surface area contributed by atoms with E-state index in [1.54, 1.807) is 0 Å². The lowest BCUT2D eigenvalue weighted by Crippen LogP contribution is -2.24. The largest absolute Gasteiger partial charge is 0.489 e. The molecule has 0 bridgehead atoms. The van der Waals surface area contributed by atoms with Crippen molar-refractivity contribution < 1.29 is 14.6 Å². The molecule has 2 N–H and O–H groups in total. The molecule has 0 spiro atoms. The highest BCUT2D eigenvalue weighted by Crippen LogP contribution is 2.28. The van der Waals surface area contributed by atoms with Gasteiger partial charge in [-0.05, 0) is 29.8 Å². The van der Waals surface area contributed by atoms with Crippen molar-refractivity contribution in [3.63, 3.8) is 0 Å². The Kier molecular flexibility index (Phi) is 4.38. The molecule has 18 heavy (non-hydrogen) atoms. The SMILES string of the molecule is O=C(O)CCNCC1=Cc2cc(Br)ccc2OC1. The third-order valence-electron chi connectivity index (χ3n) is 2.61. The molecular formula is C13H14BrNO3. The zero-order valence-electron chi connectivity index (χ0n) is 9.78. The lowest BCUT2D eigenvalue weighted by Gasteiger charge is -2.18. The van der Waals surface area contributed by atoms with Crippen molar-refractivity contribution in [2.24, 2.45) is 0 Å². The zero-order chi connectivity index (χ0) is 13.0. The van der Waals surface area contributed by atoms with Gasteiger partial charge in [0.15, 0.2) is 0 Å². The van der Waals surface area contributed by atoms with Gasteiger partial charge in [-0.1, -0.05) is 15.9 Å². The molecule has 1 aromatic carbocycles. The number of fused-ring (bicyclic) bond motifs is 1. The van der Waals surface area contributed by atoms with Crippen LogP contribution in [0, 0.1) is 0 Å². The molecule has 0 aromatic heterocycles. The van der Waals surface area contributed by atoms with Gasteiger partial charge in [-0.25, -0.2) is 0 Å². The van der Waals surface area contributed by atoms with Gasteiger partial charge in [-0.15, -0.1) is 0 Å². The van der Waals surface area contributed by atoms with E-state index in [0.29, 0.717) is 19.7 Å². The fourth-order valence-corrected chi connectivity index (χ4v) is 2.12. The number of halogens is 1. The molecule has 5 heteroatoms. The van der Waals surface area contributed by atoms with Crippen LogP contribution in [0.1, 0.15) is 12.0 Å². The van der Waals surface area contributed by atoms with Crippen LogP contribution in [-0.2, 0) is 4.79 Å². The zero-order valence-corrected chi connectivity index (χ0v) is 11.4. The maximum Gasteiger partial charge on any atom is 0.304 e. The van der Waals surface area contributed by atoms with E-state index in [1.807, 2.05) is 18.2 Å². The van der Waals surface area contributed by atoms with E-state index >= 15 is 0 Å². The summed E-state index contributed by atoms with van der Waals surface area (Å²) in [6.45, 7) is 1.67. The first-order valence-corrected chi connectivity index (χ1v) is 6.49. The Morgan fingerprint density at radius 2 is 2.33 bits per heavy atom. The Balaban J connectivity index is 1.93. The summed E-state index contributed by atoms with van der Waals surface area (Å²) in [5, 5.41) is 11.6. The normalized spacial score (nSPS) is 13.5. The van der Waals surface area contributed by atoms with Crippen molar-refractivity contribution in [3.05, 3.63) is 33.8 Å². The van der Waals surface area contributed by atoms with Crippen molar-refractivity contribution in [3.8, 4) is 5.75 Å². The standard InChI is InChI=1S/C13H14BrNO3/c14-11-1-2-12-10(6-11)5-9(8-18-12)7-15-4-3-13(16)17/h1-2,5-6,15H,3-4,7-8H2,(H,16,17). The Hall–Kier alpha value is -1.33. The lowest BCUT2D eigenvalue weighted by molar-refractivity contribution is -0.136. The summed E-state index contributed by atoms with van der Waals surface area (Å²) in [6.07, 6.45) is 2.22. The van der Waals surface area contributed by atoms with E-state index in [1.165, 1.54) is 0 Å². The van der Waals surface area contributed by atoms with Gasteiger partial charge < -0.3 is 15.2 Å². The average Bonchev–Trinajstić information content (AvgIpc) is 2.34. The van der Waals surface area contributed by atoms with Gasteiger partial charge in [-0.3, -0.25) is 4.79 Å². The number of hydrogen-bond acceptors (Lipinski definition) is 3. The van der Waals surface area contributed by atoms with Crippen LogP contribution in [0.5, 0.6) is 5.75 Å². The average molecular weight is 312 g/mol. The molecule has 1 aliphatic rings. The Bertz CT molecular complexity index is 485. The highest BCUT2D eigenvalue weighted by molar-refractivity contribution is 9.10. The molecule has 1 aliphatic heterocycles. The van der Waals surface area contributed by atoms with E-state index in [2.05, 4.69) is 27.3 Å². The molecule has 0 saturated heterocycles. The van der Waals surface area contributed by atoms with Gasteiger partial charge in [0.2, 0.25) is 0 Å². The van der Waals surface area contributed by atoms with Gasteiger partial charge in [0.05, 0.1) is 6.42 Å². The molecule has 2 rings (SSSR count). The fraction of sp³-hybridized carbons (Fsp3) is 0.308. The predicted molar refractivity (Wildman–Crippen MR) is 72.7 cm³/mol. The van der Waals surface area contributed by atoms with Crippen LogP contribution in [0.25, 0.3) is 6.08 Å². The van der Waals surface area contributed by atoms with Crippen LogP contribution < -0.4 is 10.1 Å². The second-order valence-corrected chi connectivity index (χ2v) is 5.01. The maximum atomic E-state index is 10.4. The van der Waals surface area contributed by atoms with Gasteiger partial charge >= 0.3 is 5.97 Å².